The van der Waals surface area contributed by atoms with Gasteiger partial charge in [0.05, 0.1) is 35.0 Å². The first-order chi connectivity index (χ1) is 26.5. The maximum atomic E-state index is 13.3. The van der Waals surface area contributed by atoms with E-state index in [9.17, 15) is 29.7 Å². The summed E-state index contributed by atoms with van der Waals surface area (Å²) in [5.41, 5.74) is 10.9. The molecule has 0 aliphatic heterocycles. The summed E-state index contributed by atoms with van der Waals surface area (Å²) in [6.45, 7) is 0.771. The quantitative estimate of drug-likeness (QED) is 0.0619. The number of aryl methyl sites for hydroxylation is 1. The lowest BCUT2D eigenvalue weighted by atomic mass is 9.89. The summed E-state index contributed by atoms with van der Waals surface area (Å²) in [4.78, 5) is 41.9. The number of fused-ring (bicyclic) bond motifs is 1. The largest absolute Gasteiger partial charge is 0.506 e. The number of aromatic hydroxyl groups is 1. The van der Waals surface area contributed by atoms with E-state index in [1.807, 2.05) is 48.5 Å². The number of H-pyrrole nitrogens is 1. The number of amides is 2. The molecule has 2 amide bonds. The smallest absolute Gasteiger partial charge is 0.412 e. The Labute approximate surface area is 323 Å². The molecule has 0 radical (unpaired) electrons. The number of aromatic nitrogens is 1. The first kappa shape index (κ1) is 39.3. The number of aliphatic hydroxyl groups is 1. The van der Waals surface area contributed by atoms with Gasteiger partial charge < -0.3 is 41.4 Å². The van der Waals surface area contributed by atoms with E-state index < -0.39 is 12.2 Å². The number of phenols is 1. The molecule has 12 nitrogen and oxygen atoms in total. The normalized spacial score (nSPS) is 16.1. The van der Waals surface area contributed by atoms with Crippen LogP contribution < -0.4 is 31.6 Å². The number of halogens is 1. The Morgan fingerprint density at radius 2 is 1.78 bits per heavy atom. The Kier molecular flexibility index (Phi) is 12.7. The number of benzene rings is 4. The third-order valence-electron chi connectivity index (χ3n) is 10.2. The topological polar surface area (TPSA) is 190 Å². The number of pyridine rings is 1. The highest BCUT2D eigenvalue weighted by Gasteiger charge is 2.31. The molecule has 288 valence electrons. The van der Waals surface area contributed by atoms with Gasteiger partial charge in [0.25, 0.3) is 5.91 Å². The van der Waals surface area contributed by atoms with Gasteiger partial charge in [-0.3, -0.25) is 14.5 Å². The fraction of sp³-hybridized carbons (Fsp3) is 0.310. The average molecular weight is 768 g/mol. The Bertz CT molecular complexity index is 2200. The first-order valence-electron chi connectivity index (χ1n) is 18.4. The number of aromatic amines is 1. The number of carbonyl (C=O) groups is 2. The Balaban J connectivity index is 1.08. The number of rotatable bonds is 14. The Morgan fingerprint density at radius 3 is 2.51 bits per heavy atom. The van der Waals surface area contributed by atoms with Gasteiger partial charge in [-0.25, -0.2) is 4.79 Å². The van der Waals surface area contributed by atoms with E-state index in [-0.39, 0.29) is 58.5 Å². The van der Waals surface area contributed by atoms with Crippen LogP contribution in [0.4, 0.5) is 10.5 Å². The zero-order valence-corrected chi connectivity index (χ0v) is 31.3. The minimum Gasteiger partial charge on any atom is -0.506 e. The second-order valence-corrected chi connectivity index (χ2v) is 14.3. The van der Waals surface area contributed by atoms with Gasteiger partial charge >= 0.3 is 6.09 Å². The van der Waals surface area contributed by atoms with Gasteiger partial charge in [0.2, 0.25) is 5.56 Å². The number of hydrogen-bond donors (Lipinski definition) is 7. The SMILES string of the molecule is COc1cc(C(=O)NCCCc2ccc(-c3ccccc3)c(N(C(=O)O)[C@H]3CC[C@H](N)CC3)c2)c(Cl)cc1CNC[C@H](O)c1ccc(O)c2[nH]c(=O)ccc12. The van der Waals surface area contributed by atoms with E-state index >= 15 is 0 Å². The third-order valence-corrected chi connectivity index (χ3v) is 10.5. The third kappa shape index (κ3) is 9.29. The molecule has 0 saturated heterocycles. The van der Waals surface area contributed by atoms with E-state index in [4.69, 9.17) is 22.1 Å². The predicted octanol–water partition coefficient (Wildman–Crippen LogP) is 6.50. The number of phenolic OH excluding ortho intramolecular Hbond substituents is 1. The van der Waals surface area contributed by atoms with Crippen LogP contribution in [0.3, 0.4) is 0 Å². The highest BCUT2D eigenvalue weighted by Crippen LogP contribution is 2.37. The Morgan fingerprint density at radius 1 is 1.02 bits per heavy atom. The number of carbonyl (C=O) groups excluding carboxylic acids is 1. The number of carboxylic acid groups (broad SMARTS) is 1. The molecule has 0 spiro atoms. The van der Waals surface area contributed by atoms with E-state index in [1.54, 1.807) is 24.3 Å². The number of nitrogens with two attached hydrogens (primary N) is 1. The number of ether oxygens (including phenoxy) is 1. The van der Waals surface area contributed by atoms with Crippen molar-refractivity contribution in [2.75, 3.05) is 25.1 Å². The first-order valence-corrected chi connectivity index (χ1v) is 18.8. The van der Waals surface area contributed by atoms with Crippen molar-refractivity contribution < 1.29 is 29.6 Å². The number of methoxy groups -OCH3 is 1. The summed E-state index contributed by atoms with van der Waals surface area (Å²) in [5.74, 6) is -0.00509. The lowest BCUT2D eigenvalue weighted by molar-refractivity contribution is 0.0953. The van der Waals surface area contributed by atoms with Gasteiger partial charge in [0.1, 0.15) is 11.5 Å². The number of aliphatic hydroxyl groups excluding tert-OH is 1. The van der Waals surface area contributed by atoms with Crippen LogP contribution in [-0.2, 0) is 13.0 Å². The molecule has 1 aromatic heterocycles. The van der Waals surface area contributed by atoms with E-state index in [0.29, 0.717) is 60.2 Å². The molecule has 55 heavy (non-hydrogen) atoms. The summed E-state index contributed by atoms with van der Waals surface area (Å²) >= 11 is 6.60. The fourth-order valence-electron chi connectivity index (χ4n) is 7.30. The van der Waals surface area contributed by atoms with Crippen molar-refractivity contribution in [3.8, 4) is 22.6 Å². The number of nitrogens with one attached hydrogen (secondary N) is 3. The molecule has 4 aromatic carbocycles. The molecule has 8 N–H and O–H groups in total. The average Bonchev–Trinajstić information content (AvgIpc) is 3.18. The molecule has 1 saturated carbocycles. The second kappa shape index (κ2) is 17.8. The molecule has 1 heterocycles. The molecule has 13 heteroatoms. The minimum atomic E-state index is -0.990. The second-order valence-electron chi connectivity index (χ2n) is 13.9. The molecule has 1 fully saturated rings. The van der Waals surface area contributed by atoms with Crippen LogP contribution in [0.1, 0.15) is 65.3 Å². The van der Waals surface area contributed by atoms with Crippen LogP contribution in [0.25, 0.3) is 22.0 Å². The van der Waals surface area contributed by atoms with E-state index in [1.165, 1.54) is 24.1 Å². The molecule has 5 aromatic rings. The zero-order chi connectivity index (χ0) is 39.1. The van der Waals surface area contributed by atoms with Crippen molar-refractivity contribution in [2.45, 2.75) is 63.3 Å². The molecule has 1 aliphatic rings. The fourth-order valence-corrected chi connectivity index (χ4v) is 7.57. The van der Waals surface area contributed by atoms with Crippen LogP contribution in [-0.4, -0.2) is 64.6 Å². The van der Waals surface area contributed by atoms with Crippen LogP contribution in [0, 0.1) is 0 Å². The highest BCUT2D eigenvalue weighted by molar-refractivity contribution is 6.34. The standard InChI is InChI=1S/C42H46ClN5O7/c1-55-38-22-33(34(43)21-27(38)23-45-24-37(50)31-15-17-36(49)40-32(31)16-18-39(51)47-40)41(52)46-19-5-6-25-9-14-30(26-7-3-2-4-8-26)35(20-25)48(42(53)54)29-12-10-28(44)11-13-29/h2-4,7-9,14-18,20-22,28-29,37,45,49-50H,5-6,10-13,19,23-24,44H2,1H3,(H,46,52)(H,47,51)(H,53,54)/t28-,29-,37-/m0/s1. The van der Waals surface area contributed by atoms with Gasteiger partial charge in [-0.2, -0.15) is 0 Å². The van der Waals surface area contributed by atoms with Crippen molar-refractivity contribution in [3.63, 3.8) is 0 Å². The molecule has 1 aliphatic carbocycles. The van der Waals surface area contributed by atoms with E-state index in [2.05, 4.69) is 15.6 Å². The minimum absolute atomic E-state index is 0.0896. The molecule has 0 unspecified atom stereocenters. The van der Waals surface area contributed by atoms with E-state index in [0.717, 1.165) is 29.5 Å². The predicted molar refractivity (Wildman–Crippen MR) is 214 cm³/mol. The monoisotopic (exact) mass is 767 g/mol. The lowest BCUT2D eigenvalue weighted by Gasteiger charge is -2.35. The lowest BCUT2D eigenvalue weighted by Crippen LogP contribution is -2.44. The van der Waals surface area contributed by atoms with Crippen molar-refractivity contribution >= 4 is 40.2 Å². The number of hydrogen-bond acceptors (Lipinski definition) is 8. The van der Waals surface area contributed by atoms with Gasteiger partial charge in [-0.15, -0.1) is 0 Å². The highest BCUT2D eigenvalue weighted by atomic mass is 35.5. The summed E-state index contributed by atoms with van der Waals surface area (Å²) in [6.07, 6.45) is 2.23. The number of anilines is 1. The van der Waals surface area contributed by atoms with Gasteiger partial charge in [-0.05, 0) is 85.5 Å². The van der Waals surface area contributed by atoms with Gasteiger partial charge in [0.15, 0.2) is 0 Å². The zero-order valence-electron chi connectivity index (χ0n) is 30.6. The molecule has 0 bridgehead atoms. The van der Waals surface area contributed by atoms with Crippen molar-refractivity contribution in [3.05, 3.63) is 123 Å². The van der Waals surface area contributed by atoms with Gasteiger partial charge in [0, 0.05) is 54.3 Å². The molecular formula is C42H46ClN5O7. The molecule has 1 atom stereocenters. The summed E-state index contributed by atoms with van der Waals surface area (Å²) in [5, 5.41) is 38.4. The summed E-state index contributed by atoms with van der Waals surface area (Å²) in [7, 11) is 1.50. The maximum absolute atomic E-state index is 13.3. The summed E-state index contributed by atoms with van der Waals surface area (Å²) in [6, 6.07) is 24.8. The van der Waals surface area contributed by atoms with Crippen LogP contribution >= 0.6 is 11.6 Å². The maximum Gasteiger partial charge on any atom is 0.412 e. The molecule has 6 rings (SSSR count). The van der Waals surface area contributed by atoms with Crippen LogP contribution in [0.5, 0.6) is 11.5 Å². The van der Waals surface area contributed by atoms with Gasteiger partial charge in [-0.1, -0.05) is 60.1 Å². The summed E-state index contributed by atoms with van der Waals surface area (Å²) < 4.78 is 5.58. The van der Waals surface area contributed by atoms with Crippen LogP contribution in [0.2, 0.25) is 5.02 Å². The number of nitrogens with zero attached hydrogens (tertiary/aromatic N) is 1. The van der Waals surface area contributed by atoms with Crippen LogP contribution in [0.15, 0.2) is 89.7 Å². The van der Waals surface area contributed by atoms with Crippen molar-refractivity contribution in [1.29, 1.82) is 0 Å². The van der Waals surface area contributed by atoms with Crippen molar-refractivity contribution in [1.82, 2.24) is 15.6 Å². The Hall–Kier alpha value is -5.40. The molecular weight excluding hydrogens is 722 g/mol. The van der Waals surface area contributed by atoms with Crippen molar-refractivity contribution in [2.24, 2.45) is 5.73 Å².